The Hall–Kier alpha value is -2.70. The molecule has 0 spiro atoms. The van der Waals surface area contributed by atoms with Crippen LogP contribution >= 0.6 is 0 Å². The van der Waals surface area contributed by atoms with Crippen molar-refractivity contribution in [3.63, 3.8) is 0 Å². The summed E-state index contributed by atoms with van der Waals surface area (Å²) in [7, 11) is 1.29. The van der Waals surface area contributed by atoms with Crippen molar-refractivity contribution in [1.82, 2.24) is 14.5 Å². The predicted molar refractivity (Wildman–Crippen MR) is 94.2 cm³/mol. The van der Waals surface area contributed by atoms with Gasteiger partial charge in [0.15, 0.2) is 0 Å². The summed E-state index contributed by atoms with van der Waals surface area (Å²) in [6.07, 6.45) is 1.57. The monoisotopic (exact) mass is 345 g/mol. The second kappa shape index (κ2) is 7.92. The van der Waals surface area contributed by atoms with E-state index >= 15 is 0 Å². The molecular weight excluding hydrogens is 322 g/mol. The molecule has 0 aliphatic heterocycles. The van der Waals surface area contributed by atoms with Crippen LogP contribution in [-0.2, 0) is 20.9 Å². The molecule has 0 radical (unpaired) electrons. The van der Waals surface area contributed by atoms with Gasteiger partial charge in [0.25, 0.3) is 5.56 Å². The number of fused-ring (bicyclic) bond motifs is 1. The molecule has 0 aliphatic carbocycles. The maximum Gasteiger partial charge on any atom is 0.325 e. The van der Waals surface area contributed by atoms with Gasteiger partial charge in [-0.05, 0) is 32.4 Å². The molecule has 0 saturated heterocycles. The zero-order valence-corrected chi connectivity index (χ0v) is 15.0. The molecule has 0 N–H and O–H groups in total. The molecule has 0 saturated carbocycles. The van der Waals surface area contributed by atoms with Crippen LogP contribution in [0.4, 0.5) is 0 Å². The van der Waals surface area contributed by atoms with Gasteiger partial charge in [-0.1, -0.05) is 12.1 Å². The molecule has 134 valence electrons. The van der Waals surface area contributed by atoms with E-state index in [0.29, 0.717) is 10.9 Å². The summed E-state index contributed by atoms with van der Waals surface area (Å²) in [6, 6.07) is 5.30. The van der Waals surface area contributed by atoms with Crippen LogP contribution in [-0.4, -0.2) is 46.0 Å². The molecule has 0 bridgehead atoms. The van der Waals surface area contributed by atoms with Gasteiger partial charge < -0.3 is 9.64 Å². The number of benzene rings is 1. The van der Waals surface area contributed by atoms with Crippen LogP contribution in [0.1, 0.15) is 25.8 Å². The van der Waals surface area contributed by atoms with Crippen LogP contribution in [0.15, 0.2) is 29.3 Å². The van der Waals surface area contributed by atoms with E-state index in [2.05, 4.69) is 9.72 Å². The van der Waals surface area contributed by atoms with E-state index in [1.54, 1.807) is 6.07 Å². The lowest BCUT2D eigenvalue weighted by molar-refractivity contribution is -0.148. The largest absolute Gasteiger partial charge is 0.468 e. The van der Waals surface area contributed by atoms with Gasteiger partial charge in [0.1, 0.15) is 6.54 Å². The van der Waals surface area contributed by atoms with Crippen molar-refractivity contribution in [3.8, 4) is 0 Å². The molecular formula is C18H23N3O4. The van der Waals surface area contributed by atoms with Gasteiger partial charge in [0.2, 0.25) is 5.91 Å². The fourth-order valence-corrected chi connectivity index (χ4v) is 2.62. The van der Waals surface area contributed by atoms with Crippen molar-refractivity contribution >= 4 is 22.8 Å². The Morgan fingerprint density at radius 2 is 2.04 bits per heavy atom. The van der Waals surface area contributed by atoms with Gasteiger partial charge in [-0.15, -0.1) is 0 Å². The minimum atomic E-state index is -0.470. The zero-order valence-electron chi connectivity index (χ0n) is 15.0. The minimum absolute atomic E-state index is 0.100. The molecule has 1 heterocycles. The van der Waals surface area contributed by atoms with Crippen molar-refractivity contribution in [2.24, 2.45) is 0 Å². The number of nitrogens with zero attached hydrogens (tertiary/aromatic N) is 3. The van der Waals surface area contributed by atoms with Crippen LogP contribution in [0.3, 0.4) is 0 Å². The van der Waals surface area contributed by atoms with Crippen molar-refractivity contribution in [2.45, 2.75) is 39.8 Å². The third-order valence-corrected chi connectivity index (χ3v) is 4.09. The van der Waals surface area contributed by atoms with Crippen LogP contribution in [0, 0.1) is 6.92 Å². The van der Waals surface area contributed by atoms with Crippen LogP contribution in [0.25, 0.3) is 10.9 Å². The molecule has 25 heavy (non-hydrogen) atoms. The van der Waals surface area contributed by atoms with Gasteiger partial charge in [-0.25, -0.2) is 4.98 Å². The van der Waals surface area contributed by atoms with Gasteiger partial charge >= 0.3 is 5.97 Å². The Bertz CT molecular complexity index is 842. The standard InChI is InChI=1S/C18H23N3O4/c1-12(2)21(10-16(23)25-4)15(22)8-9-20-11-19-17-13(3)6-5-7-14(17)18(20)24/h5-7,11-12H,8-10H2,1-4H3. The predicted octanol–water partition coefficient (Wildman–Crippen LogP) is 1.51. The molecule has 7 nitrogen and oxygen atoms in total. The van der Waals surface area contributed by atoms with Crippen molar-refractivity contribution in [1.29, 1.82) is 0 Å². The van der Waals surface area contributed by atoms with E-state index in [1.165, 1.54) is 22.9 Å². The van der Waals surface area contributed by atoms with Gasteiger partial charge in [0.05, 0.1) is 24.3 Å². The average Bonchev–Trinajstić information content (AvgIpc) is 2.59. The number of carbonyl (C=O) groups is 2. The van der Waals surface area contributed by atoms with Crippen molar-refractivity contribution in [2.75, 3.05) is 13.7 Å². The Morgan fingerprint density at radius 3 is 2.68 bits per heavy atom. The Balaban J connectivity index is 2.16. The Kier molecular flexibility index (Phi) is 5.90. The second-order valence-corrected chi connectivity index (χ2v) is 6.16. The maximum atomic E-state index is 12.5. The first-order chi connectivity index (χ1) is 11.8. The zero-order chi connectivity index (χ0) is 18.6. The summed E-state index contributed by atoms with van der Waals surface area (Å²) in [5, 5.41) is 0.533. The second-order valence-electron chi connectivity index (χ2n) is 6.16. The van der Waals surface area contributed by atoms with Crippen LogP contribution in [0.5, 0.6) is 0 Å². The summed E-state index contributed by atoms with van der Waals surface area (Å²) in [5.74, 6) is -0.682. The highest BCUT2D eigenvalue weighted by Crippen LogP contribution is 2.11. The fourth-order valence-electron chi connectivity index (χ4n) is 2.62. The van der Waals surface area contributed by atoms with E-state index in [4.69, 9.17) is 0 Å². The van der Waals surface area contributed by atoms with Crippen molar-refractivity contribution in [3.05, 3.63) is 40.4 Å². The lowest BCUT2D eigenvalue weighted by atomic mass is 10.1. The number of amides is 1. The molecule has 1 amide bonds. The van der Waals surface area contributed by atoms with E-state index in [0.717, 1.165) is 5.56 Å². The number of para-hydroxylation sites is 1. The van der Waals surface area contributed by atoms with Gasteiger partial charge in [0, 0.05) is 19.0 Å². The van der Waals surface area contributed by atoms with Gasteiger partial charge in [-0.2, -0.15) is 0 Å². The number of aromatic nitrogens is 2. The summed E-state index contributed by atoms with van der Waals surface area (Å²) < 4.78 is 6.05. The highest BCUT2D eigenvalue weighted by Gasteiger charge is 2.20. The Morgan fingerprint density at radius 1 is 1.32 bits per heavy atom. The summed E-state index contributed by atoms with van der Waals surface area (Å²) in [6.45, 7) is 5.66. The Labute approximate surface area is 146 Å². The lowest BCUT2D eigenvalue weighted by Gasteiger charge is -2.25. The number of hydrogen-bond donors (Lipinski definition) is 0. The minimum Gasteiger partial charge on any atom is -0.468 e. The number of hydrogen-bond acceptors (Lipinski definition) is 5. The SMILES string of the molecule is COC(=O)CN(C(=O)CCn1cnc2c(C)cccc2c1=O)C(C)C. The summed E-state index contributed by atoms with van der Waals surface area (Å²) >= 11 is 0. The van der Waals surface area contributed by atoms with Crippen molar-refractivity contribution < 1.29 is 14.3 Å². The fraction of sp³-hybridized carbons (Fsp3) is 0.444. The lowest BCUT2D eigenvalue weighted by Crippen LogP contribution is -2.41. The molecule has 0 atom stereocenters. The summed E-state index contributed by atoms with van der Waals surface area (Å²) in [5.41, 5.74) is 1.43. The molecule has 7 heteroatoms. The molecule has 2 aromatic rings. The topological polar surface area (TPSA) is 81.5 Å². The molecule has 1 aromatic heterocycles. The van der Waals surface area contributed by atoms with Crippen LogP contribution in [0.2, 0.25) is 0 Å². The number of ether oxygens (including phenoxy) is 1. The summed E-state index contributed by atoms with van der Waals surface area (Å²) in [4.78, 5) is 42.2. The number of esters is 1. The van der Waals surface area contributed by atoms with E-state index < -0.39 is 5.97 Å². The quantitative estimate of drug-likeness (QED) is 0.741. The molecule has 1 aromatic carbocycles. The maximum absolute atomic E-state index is 12.5. The number of rotatable bonds is 6. The third kappa shape index (κ3) is 4.23. The number of methoxy groups -OCH3 is 1. The first kappa shape index (κ1) is 18.6. The molecule has 0 aliphatic rings. The van der Waals surface area contributed by atoms with Gasteiger partial charge in [-0.3, -0.25) is 19.0 Å². The first-order valence-corrected chi connectivity index (χ1v) is 8.16. The number of carbonyl (C=O) groups excluding carboxylic acids is 2. The molecule has 0 unspecified atom stereocenters. The smallest absolute Gasteiger partial charge is 0.325 e. The third-order valence-electron chi connectivity index (χ3n) is 4.09. The first-order valence-electron chi connectivity index (χ1n) is 8.16. The normalized spacial score (nSPS) is 10.9. The van der Waals surface area contributed by atoms with E-state index in [-0.39, 0.29) is 37.0 Å². The highest BCUT2D eigenvalue weighted by molar-refractivity contribution is 5.82. The molecule has 2 rings (SSSR count). The molecule has 0 fully saturated rings. The number of aryl methyl sites for hydroxylation is 2. The highest BCUT2D eigenvalue weighted by atomic mass is 16.5. The van der Waals surface area contributed by atoms with Crippen LogP contribution < -0.4 is 5.56 Å². The average molecular weight is 345 g/mol. The van der Waals surface area contributed by atoms with E-state index in [9.17, 15) is 14.4 Å². The van der Waals surface area contributed by atoms with E-state index in [1.807, 2.05) is 32.9 Å².